The van der Waals surface area contributed by atoms with E-state index in [1.54, 1.807) is 6.07 Å². The molecule has 7 heteroatoms. The lowest BCUT2D eigenvalue weighted by molar-refractivity contribution is -0.142. The number of halogens is 4. The topological polar surface area (TPSA) is 52.9 Å². The number of carbonyl (C=O) groups is 1. The lowest BCUT2D eigenvalue weighted by Crippen LogP contribution is -2.16. The predicted molar refractivity (Wildman–Crippen MR) is 55.0 cm³/mol. The fraction of sp³-hybridized carbons (Fsp3) is 0.273. The Morgan fingerprint density at radius 1 is 1.39 bits per heavy atom. The molecule has 0 heterocycles. The van der Waals surface area contributed by atoms with Crippen molar-refractivity contribution in [3.05, 3.63) is 29.6 Å². The summed E-state index contributed by atoms with van der Waals surface area (Å²) >= 11 is 0. The van der Waals surface area contributed by atoms with Crippen LogP contribution in [0, 0.1) is 17.1 Å². The maximum Gasteiger partial charge on any atom is 0.389 e. The standard InChI is InChI=1S/C11H8F4N2O/c12-9-2-1-8(5-7(9)6-16)17-10(18)3-4-11(13,14)15/h1-2,5H,3-4H2,(H,17,18). The Bertz CT molecular complexity index is 491. The van der Waals surface area contributed by atoms with E-state index in [2.05, 4.69) is 5.32 Å². The highest BCUT2D eigenvalue weighted by Crippen LogP contribution is 2.22. The number of anilines is 1. The van der Waals surface area contributed by atoms with Crippen molar-refractivity contribution in [3.63, 3.8) is 0 Å². The molecule has 0 aliphatic carbocycles. The number of rotatable bonds is 3. The molecule has 0 unspecified atom stereocenters. The fourth-order valence-electron chi connectivity index (χ4n) is 1.17. The molecule has 0 aromatic heterocycles. The molecule has 3 nitrogen and oxygen atoms in total. The smallest absolute Gasteiger partial charge is 0.326 e. The second kappa shape index (κ2) is 5.49. The Labute approximate surface area is 100 Å². The van der Waals surface area contributed by atoms with Crippen molar-refractivity contribution < 1.29 is 22.4 Å². The minimum absolute atomic E-state index is 0.0834. The Balaban J connectivity index is 2.63. The van der Waals surface area contributed by atoms with Gasteiger partial charge in [0.1, 0.15) is 11.9 Å². The van der Waals surface area contributed by atoms with Crippen LogP contribution >= 0.6 is 0 Å². The van der Waals surface area contributed by atoms with Crippen molar-refractivity contribution in [3.8, 4) is 6.07 Å². The Kier molecular flexibility index (Phi) is 4.26. The first-order chi connectivity index (χ1) is 8.31. The summed E-state index contributed by atoms with van der Waals surface area (Å²) < 4.78 is 48.5. The van der Waals surface area contributed by atoms with Crippen molar-refractivity contribution in [2.45, 2.75) is 19.0 Å². The van der Waals surface area contributed by atoms with Crippen LogP contribution < -0.4 is 5.32 Å². The molecule has 0 bridgehead atoms. The number of amides is 1. The molecule has 0 aliphatic heterocycles. The van der Waals surface area contributed by atoms with Gasteiger partial charge in [-0.1, -0.05) is 0 Å². The van der Waals surface area contributed by atoms with Crippen LogP contribution in [0.3, 0.4) is 0 Å². The van der Waals surface area contributed by atoms with E-state index in [9.17, 15) is 22.4 Å². The summed E-state index contributed by atoms with van der Waals surface area (Å²) in [4.78, 5) is 11.2. The van der Waals surface area contributed by atoms with E-state index in [4.69, 9.17) is 5.26 Å². The maximum absolute atomic E-state index is 12.9. The second-order valence-corrected chi connectivity index (χ2v) is 3.47. The summed E-state index contributed by atoms with van der Waals surface area (Å²) in [6.07, 6.45) is -6.36. The van der Waals surface area contributed by atoms with E-state index in [-0.39, 0.29) is 11.3 Å². The molecule has 0 fully saturated rings. The Morgan fingerprint density at radius 3 is 2.61 bits per heavy atom. The first-order valence-electron chi connectivity index (χ1n) is 4.88. The summed E-state index contributed by atoms with van der Waals surface area (Å²) in [5.74, 6) is -1.60. The molecule has 1 amide bonds. The third-order valence-electron chi connectivity index (χ3n) is 2.01. The minimum Gasteiger partial charge on any atom is -0.326 e. The summed E-state index contributed by atoms with van der Waals surface area (Å²) in [6, 6.07) is 4.74. The van der Waals surface area contributed by atoms with Gasteiger partial charge in [-0.05, 0) is 18.2 Å². The number of benzene rings is 1. The van der Waals surface area contributed by atoms with Crippen molar-refractivity contribution >= 4 is 11.6 Å². The molecule has 1 aromatic carbocycles. The van der Waals surface area contributed by atoms with Gasteiger partial charge in [-0.2, -0.15) is 18.4 Å². The van der Waals surface area contributed by atoms with Crippen molar-refractivity contribution in [1.29, 1.82) is 5.26 Å². The number of nitrogens with one attached hydrogen (secondary N) is 1. The zero-order valence-corrected chi connectivity index (χ0v) is 9.01. The highest BCUT2D eigenvalue weighted by atomic mass is 19.4. The van der Waals surface area contributed by atoms with Crippen LogP contribution in [0.1, 0.15) is 18.4 Å². The number of nitrogens with zero attached hydrogens (tertiary/aromatic N) is 1. The fourth-order valence-corrected chi connectivity index (χ4v) is 1.17. The molecule has 0 saturated heterocycles. The van der Waals surface area contributed by atoms with Crippen LogP contribution in [-0.4, -0.2) is 12.1 Å². The average molecular weight is 260 g/mol. The highest BCUT2D eigenvalue weighted by molar-refractivity contribution is 5.90. The molecule has 0 aliphatic rings. The van der Waals surface area contributed by atoms with Gasteiger partial charge in [-0.15, -0.1) is 0 Å². The first kappa shape index (κ1) is 14.0. The lowest BCUT2D eigenvalue weighted by atomic mass is 10.2. The van der Waals surface area contributed by atoms with Gasteiger partial charge in [0, 0.05) is 12.1 Å². The van der Waals surface area contributed by atoms with Crippen LogP contribution in [0.5, 0.6) is 0 Å². The minimum atomic E-state index is -4.40. The lowest BCUT2D eigenvalue weighted by Gasteiger charge is -2.07. The molecule has 0 spiro atoms. The predicted octanol–water partition coefficient (Wildman–Crippen LogP) is 2.98. The van der Waals surface area contributed by atoms with Gasteiger partial charge in [0.05, 0.1) is 12.0 Å². The molecule has 0 saturated carbocycles. The van der Waals surface area contributed by atoms with Gasteiger partial charge in [-0.25, -0.2) is 4.39 Å². The van der Waals surface area contributed by atoms with E-state index in [1.165, 1.54) is 6.07 Å². The first-order valence-corrected chi connectivity index (χ1v) is 4.88. The number of alkyl halides is 3. The van der Waals surface area contributed by atoms with E-state index in [0.29, 0.717) is 0 Å². The van der Waals surface area contributed by atoms with Crippen molar-refractivity contribution in [2.75, 3.05) is 5.32 Å². The van der Waals surface area contributed by atoms with Gasteiger partial charge in [0.15, 0.2) is 0 Å². The number of hydrogen-bond donors (Lipinski definition) is 1. The molecule has 1 aromatic rings. The van der Waals surface area contributed by atoms with E-state index >= 15 is 0 Å². The molecular weight excluding hydrogens is 252 g/mol. The normalized spacial score (nSPS) is 10.8. The third-order valence-corrected chi connectivity index (χ3v) is 2.01. The van der Waals surface area contributed by atoms with Crippen LogP contribution in [0.25, 0.3) is 0 Å². The number of hydrogen-bond acceptors (Lipinski definition) is 2. The van der Waals surface area contributed by atoms with Gasteiger partial charge in [0.25, 0.3) is 0 Å². The SMILES string of the molecule is N#Cc1cc(NC(=O)CCC(F)(F)F)ccc1F. The molecule has 18 heavy (non-hydrogen) atoms. The summed E-state index contributed by atoms with van der Waals surface area (Å²) in [7, 11) is 0. The monoisotopic (exact) mass is 260 g/mol. The molecular formula is C11H8F4N2O. The molecule has 0 atom stereocenters. The highest BCUT2D eigenvalue weighted by Gasteiger charge is 2.27. The molecule has 96 valence electrons. The maximum atomic E-state index is 12.9. The average Bonchev–Trinajstić information content (AvgIpc) is 2.28. The molecule has 1 N–H and O–H groups in total. The van der Waals surface area contributed by atoms with Gasteiger partial charge in [-0.3, -0.25) is 4.79 Å². The zero-order chi connectivity index (χ0) is 13.8. The molecule has 0 radical (unpaired) electrons. The largest absolute Gasteiger partial charge is 0.389 e. The quantitative estimate of drug-likeness (QED) is 0.849. The summed E-state index contributed by atoms with van der Waals surface area (Å²) in [6.45, 7) is 0. The summed E-state index contributed by atoms with van der Waals surface area (Å²) in [5.41, 5.74) is -0.205. The number of carbonyl (C=O) groups excluding carboxylic acids is 1. The van der Waals surface area contributed by atoms with Crippen molar-refractivity contribution in [1.82, 2.24) is 0 Å². The Morgan fingerprint density at radius 2 is 2.06 bits per heavy atom. The van der Waals surface area contributed by atoms with Gasteiger partial charge >= 0.3 is 6.18 Å². The summed E-state index contributed by atoms with van der Waals surface area (Å²) in [5, 5.41) is 10.7. The molecule has 1 rings (SSSR count). The van der Waals surface area contributed by atoms with E-state index < -0.39 is 30.7 Å². The van der Waals surface area contributed by atoms with Crippen LogP contribution in [0.2, 0.25) is 0 Å². The van der Waals surface area contributed by atoms with E-state index in [0.717, 1.165) is 12.1 Å². The van der Waals surface area contributed by atoms with Crippen LogP contribution in [0.15, 0.2) is 18.2 Å². The van der Waals surface area contributed by atoms with Gasteiger partial charge < -0.3 is 5.32 Å². The third kappa shape index (κ3) is 4.41. The van der Waals surface area contributed by atoms with E-state index in [1.807, 2.05) is 0 Å². The van der Waals surface area contributed by atoms with Crippen LogP contribution in [-0.2, 0) is 4.79 Å². The van der Waals surface area contributed by atoms with Crippen molar-refractivity contribution in [2.24, 2.45) is 0 Å². The Hall–Kier alpha value is -2.10. The van der Waals surface area contributed by atoms with Crippen LogP contribution in [0.4, 0.5) is 23.2 Å². The second-order valence-electron chi connectivity index (χ2n) is 3.47. The zero-order valence-electron chi connectivity index (χ0n) is 9.01. The number of nitriles is 1. The van der Waals surface area contributed by atoms with Gasteiger partial charge in [0.2, 0.25) is 5.91 Å².